The van der Waals surface area contributed by atoms with Crippen molar-refractivity contribution in [3.8, 4) is 0 Å². The van der Waals surface area contributed by atoms with Crippen LogP contribution in [0.15, 0.2) is 0 Å². The summed E-state index contributed by atoms with van der Waals surface area (Å²) in [4.78, 5) is 31.4. The number of esters is 2. The summed E-state index contributed by atoms with van der Waals surface area (Å²) in [5, 5.41) is 0. The van der Waals surface area contributed by atoms with Gasteiger partial charge in [-0.3, -0.25) is 9.59 Å². The first-order valence-corrected chi connectivity index (χ1v) is 22.6. The second-order valence-electron chi connectivity index (χ2n) is 21.2. The Balaban J connectivity index is 1.06. The van der Waals surface area contributed by atoms with Crippen LogP contribution in [0.4, 0.5) is 0 Å². The molecule has 5 unspecified atom stereocenters. The van der Waals surface area contributed by atoms with Gasteiger partial charge >= 0.3 is 11.9 Å². The van der Waals surface area contributed by atoms with Gasteiger partial charge in [0.2, 0.25) is 0 Å². The zero-order chi connectivity index (χ0) is 36.9. The molecular weight excluding hydrogens is 645 g/mol. The second kappa shape index (κ2) is 15.4. The average molecular weight is 723 g/mol. The molecule has 7 rings (SSSR count). The highest BCUT2D eigenvalue weighted by atomic mass is 16.5. The van der Waals surface area contributed by atoms with E-state index in [-0.39, 0.29) is 39.7 Å². The van der Waals surface area contributed by atoms with E-state index >= 15 is 0 Å². The lowest BCUT2D eigenvalue weighted by atomic mass is 9.32. The third kappa shape index (κ3) is 7.07. The van der Waals surface area contributed by atoms with Gasteiger partial charge in [-0.05, 0) is 173 Å². The van der Waals surface area contributed by atoms with E-state index in [4.69, 9.17) is 9.47 Å². The summed E-state index contributed by atoms with van der Waals surface area (Å²) in [6.45, 7) is 24.9. The van der Waals surface area contributed by atoms with Gasteiger partial charge in [0.25, 0.3) is 0 Å². The Labute approximate surface area is 318 Å². The van der Waals surface area contributed by atoms with Crippen molar-refractivity contribution in [3.05, 3.63) is 0 Å². The third-order valence-corrected chi connectivity index (χ3v) is 18.2. The molecule has 2 heterocycles. The minimum atomic E-state index is -0.0242. The van der Waals surface area contributed by atoms with E-state index in [1.54, 1.807) is 0 Å². The minimum absolute atomic E-state index is 0.0189. The summed E-state index contributed by atoms with van der Waals surface area (Å²) in [5.74, 6) is 5.50. The number of piperidine rings is 2. The maximum absolute atomic E-state index is 13.3. The van der Waals surface area contributed by atoms with Crippen molar-refractivity contribution in [2.24, 2.45) is 69.0 Å². The Hall–Kier alpha value is -1.14. The van der Waals surface area contributed by atoms with Gasteiger partial charge in [-0.15, -0.1) is 0 Å². The Bertz CT molecular complexity index is 1250. The fourth-order valence-corrected chi connectivity index (χ4v) is 15.4. The van der Waals surface area contributed by atoms with E-state index < -0.39 is 0 Å². The van der Waals surface area contributed by atoms with E-state index in [9.17, 15) is 9.59 Å². The van der Waals surface area contributed by atoms with Crippen LogP contribution in [0.1, 0.15) is 158 Å². The van der Waals surface area contributed by atoms with Crippen LogP contribution in [-0.4, -0.2) is 73.7 Å². The molecule has 7 fully saturated rings. The van der Waals surface area contributed by atoms with Crippen LogP contribution < -0.4 is 0 Å². The second-order valence-corrected chi connectivity index (χ2v) is 21.2. The first-order chi connectivity index (χ1) is 24.8. The summed E-state index contributed by atoms with van der Waals surface area (Å²) in [5.41, 5.74) is 0.737. The van der Waals surface area contributed by atoms with E-state index in [0.29, 0.717) is 49.0 Å². The molecule has 0 N–H and O–H groups in total. The molecule has 7 aliphatic rings. The van der Waals surface area contributed by atoms with E-state index in [0.717, 1.165) is 63.4 Å². The molecule has 2 saturated heterocycles. The number of fused-ring (bicyclic) bond motifs is 7. The molecule has 0 aromatic rings. The fraction of sp³-hybridized carbons (Fsp3) is 0.957. The zero-order valence-corrected chi connectivity index (χ0v) is 34.7. The van der Waals surface area contributed by atoms with Crippen molar-refractivity contribution >= 4 is 11.9 Å². The van der Waals surface area contributed by atoms with Crippen LogP contribution in [0.5, 0.6) is 0 Å². The number of rotatable bonds is 10. The lowest BCUT2D eigenvalue weighted by Gasteiger charge is -2.72. The topological polar surface area (TPSA) is 59.1 Å². The zero-order valence-electron chi connectivity index (χ0n) is 34.7. The summed E-state index contributed by atoms with van der Waals surface area (Å²) in [6.07, 6.45) is 20.1. The normalized spacial score (nSPS) is 43.5. The quantitative estimate of drug-likeness (QED) is 0.209. The molecule has 5 aliphatic carbocycles. The number of likely N-dealkylation sites (tertiary alicyclic amines) is 2. The van der Waals surface area contributed by atoms with Crippen molar-refractivity contribution in [1.82, 2.24) is 9.80 Å². The molecule has 0 amide bonds. The van der Waals surface area contributed by atoms with Crippen LogP contribution in [0, 0.1) is 69.0 Å². The van der Waals surface area contributed by atoms with Gasteiger partial charge < -0.3 is 19.3 Å². The van der Waals surface area contributed by atoms with Crippen molar-refractivity contribution in [2.75, 3.05) is 45.9 Å². The summed E-state index contributed by atoms with van der Waals surface area (Å²) in [7, 11) is 0. The van der Waals surface area contributed by atoms with Crippen LogP contribution in [0.25, 0.3) is 0 Å². The highest BCUT2D eigenvalue weighted by Crippen LogP contribution is 2.76. The Morgan fingerprint density at radius 2 is 1.33 bits per heavy atom. The molecule has 6 heteroatoms. The Morgan fingerprint density at radius 1 is 0.692 bits per heavy atom. The van der Waals surface area contributed by atoms with Gasteiger partial charge in [0, 0.05) is 18.5 Å². The fourth-order valence-electron chi connectivity index (χ4n) is 15.4. The summed E-state index contributed by atoms with van der Waals surface area (Å²) < 4.78 is 12.7. The van der Waals surface area contributed by atoms with Gasteiger partial charge in [-0.2, -0.15) is 0 Å². The monoisotopic (exact) mass is 723 g/mol. The van der Waals surface area contributed by atoms with Gasteiger partial charge in [0.05, 0.1) is 19.4 Å². The molecular formula is C46H78N2O4. The van der Waals surface area contributed by atoms with Crippen molar-refractivity contribution in [3.63, 3.8) is 0 Å². The SMILES string of the molecule is CC(C)[C@@H]1CCC2C1C1CCC3[C@@]4(C)CC[C@H](OC(=O)CCN5CCCCC5)C(C)(C)C4CC[C@@]3(C)[C@]1(C)C[C@@H]2COC(=O)CCN1CCCCC1. The Morgan fingerprint density at radius 3 is 1.96 bits per heavy atom. The molecule has 5 saturated carbocycles. The standard InChI is InChI=1S/C46H78N2O4/c1-32(2)34-14-15-35-33(31-51-40(49)20-28-47-24-10-8-11-25-47)30-46(7)36(42(34)35)16-17-38-44(5)22-19-39(43(3,4)37(44)18-23-45(38,46)6)52-41(50)21-29-48-26-12-9-13-27-48/h32-39,42H,8-31H2,1-7H3/t33-,34+,35?,36?,37?,38?,39+,42?,44+,45-,46-/m1/s1. The van der Waals surface area contributed by atoms with Gasteiger partial charge in [-0.25, -0.2) is 0 Å². The van der Waals surface area contributed by atoms with Crippen molar-refractivity contribution in [1.29, 1.82) is 0 Å². The molecule has 2 aliphatic heterocycles. The largest absolute Gasteiger partial charge is 0.465 e. The van der Waals surface area contributed by atoms with E-state index in [1.807, 2.05) is 0 Å². The Kier molecular flexibility index (Phi) is 11.6. The maximum atomic E-state index is 13.3. The molecule has 0 spiro atoms. The van der Waals surface area contributed by atoms with Crippen LogP contribution in [0.3, 0.4) is 0 Å². The molecule has 6 nitrogen and oxygen atoms in total. The molecule has 0 aromatic heterocycles. The molecule has 0 radical (unpaired) electrons. The molecule has 52 heavy (non-hydrogen) atoms. The first kappa shape index (κ1) is 39.1. The lowest BCUT2D eigenvalue weighted by molar-refractivity contribution is -0.252. The van der Waals surface area contributed by atoms with Gasteiger partial charge in [0.15, 0.2) is 0 Å². The van der Waals surface area contributed by atoms with Crippen LogP contribution in [0.2, 0.25) is 0 Å². The van der Waals surface area contributed by atoms with Crippen molar-refractivity contribution in [2.45, 2.75) is 164 Å². The number of carbonyl (C=O) groups excluding carboxylic acids is 2. The highest BCUT2D eigenvalue weighted by Gasteiger charge is 2.70. The lowest BCUT2D eigenvalue weighted by Crippen LogP contribution is -2.67. The van der Waals surface area contributed by atoms with Crippen LogP contribution >= 0.6 is 0 Å². The predicted octanol–water partition coefficient (Wildman–Crippen LogP) is 9.79. The van der Waals surface area contributed by atoms with Gasteiger partial charge in [0.1, 0.15) is 6.10 Å². The van der Waals surface area contributed by atoms with Gasteiger partial charge in [-0.1, -0.05) is 61.3 Å². The molecule has 296 valence electrons. The molecule has 0 bridgehead atoms. The number of hydrogen-bond acceptors (Lipinski definition) is 6. The third-order valence-electron chi connectivity index (χ3n) is 18.2. The van der Waals surface area contributed by atoms with E-state index in [1.165, 1.54) is 89.9 Å². The minimum Gasteiger partial charge on any atom is -0.465 e. The molecule has 0 aromatic carbocycles. The van der Waals surface area contributed by atoms with Crippen LogP contribution in [-0.2, 0) is 19.1 Å². The highest BCUT2D eigenvalue weighted by molar-refractivity contribution is 5.70. The summed E-state index contributed by atoms with van der Waals surface area (Å²) in [6, 6.07) is 0. The van der Waals surface area contributed by atoms with E-state index in [2.05, 4.69) is 58.3 Å². The maximum Gasteiger partial charge on any atom is 0.307 e. The summed E-state index contributed by atoms with van der Waals surface area (Å²) >= 11 is 0. The number of nitrogens with zero attached hydrogens (tertiary/aromatic N) is 2. The number of hydrogen-bond donors (Lipinski definition) is 0. The smallest absolute Gasteiger partial charge is 0.307 e. The molecule has 11 atom stereocenters. The first-order valence-electron chi connectivity index (χ1n) is 22.6. The number of carbonyl (C=O) groups is 2. The van der Waals surface area contributed by atoms with Crippen molar-refractivity contribution < 1.29 is 19.1 Å². The predicted molar refractivity (Wildman–Crippen MR) is 210 cm³/mol. The average Bonchev–Trinajstić information content (AvgIpc) is 3.57. The number of ether oxygens (including phenoxy) is 2.